The molecule has 2 rings (SSSR count). The molecule has 1 fully saturated rings. The Morgan fingerprint density at radius 1 is 1.19 bits per heavy atom. The molecule has 1 saturated heterocycles. The second-order valence-electron chi connectivity index (χ2n) is 3.46. The fourth-order valence-corrected chi connectivity index (χ4v) is 4.80. The summed E-state index contributed by atoms with van der Waals surface area (Å²) in [6.07, 6.45) is 0.841. The van der Waals surface area contributed by atoms with Gasteiger partial charge in [0.15, 0.2) is 0 Å². The normalized spacial score (nSPS) is 20.6. The van der Waals surface area contributed by atoms with Gasteiger partial charge in [-0.3, -0.25) is 4.79 Å². The van der Waals surface area contributed by atoms with Crippen LogP contribution in [0, 0.1) is 0 Å². The van der Waals surface area contributed by atoms with Gasteiger partial charge in [0.2, 0.25) is 5.91 Å². The van der Waals surface area contributed by atoms with Gasteiger partial charge in [-0.05, 0) is 50.4 Å². The van der Waals surface area contributed by atoms with E-state index in [-0.39, 0.29) is 10.7 Å². The van der Waals surface area contributed by atoms with E-state index in [1.54, 1.807) is 4.90 Å². The first-order valence-corrected chi connectivity index (χ1v) is 7.90. The SMILES string of the molecule is O=C1C(Br)CCN1c1c(Br)cc(Br)cc1Br. The predicted octanol–water partition coefficient (Wildman–Crippen LogP) is 4.47. The topological polar surface area (TPSA) is 20.3 Å². The molecule has 1 atom stereocenters. The molecule has 0 N–H and O–H groups in total. The lowest BCUT2D eigenvalue weighted by molar-refractivity contribution is -0.116. The Morgan fingerprint density at radius 2 is 1.75 bits per heavy atom. The van der Waals surface area contributed by atoms with Gasteiger partial charge >= 0.3 is 0 Å². The summed E-state index contributed by atoms with van der Waals surface area (Å²) in [5.74, 6) is 0.115. The van der Waals surface area contributed by atoms with Crippen LogP contribution in [0.3, 0.4) is 0 Å². The largest absolute Gasteiger partial charge is 0.309 e. The van der Waals surface area contributed by atoms with E-state index in [0.29, 0.717) is 0 Å². The van der Waals surface area contributed by atoms with E-state index in [1.165, 1.54) is 0 Å². The molecule has 1 unspecified atom stereocenters. The second kappa shape index (κ2) is 5.08. The van der Waals surface area contributed by atoms with Crippen LogP contribution in [0.5, 0.6) is 0 Å². The Balaban J connectivity index is 2.45. The van der Waals surface area contributed by atoms with Crippen LogP contribution in [0.4, 0.5) is 5.69 Å². The number of nitrogens with zero attached hydrogens (tertiary/aromatic N) is 1. The molecule has 16 heavy (non-hydrogen) atoms. The van der Waals surface area contributed by atoms with Gasteiger partial charge in [-0.1, -0.05) is 31.9 Å². The maximum atomic E-state index is 11.9. The lowest BCUT2D eigenvalue weighted by atomic mass is 10.3. The number of carbonyl (C=O) groups is 1. The van der Waals surface area contributed by atoms with Crippen LogP contribution in [0.1, 0.15) is 6.42 Å². The molecule has 1 aromatic rings. The molecule has 0 aliphatic carbocycles. The summed E-state index contributed by atoms with van der Waals surface area (Å²) in [4.78, 5) is 13.7. The number of rotatable bonds is 1. The van der Waals surface area contributed by atoms with Gasteiger partial charge < -0.3 is 4.90 Å². The Bertz CT molecular complexity index is 425. The zero-order valence-electron chi connectivity index (χ0n) is 8.01. The maximum absolute atomic E-state index is 11.9. The Morgan fingerprint density at radius 3 is 2.19 bits per heavy atom. The summed E-state index contributed by atoms with van der Waals surface area (Å²) in [5, 5.41) is 0. The Labute approximate surface area is 127 Å². The predicted molar refractivity (Wildman–Crippen MR) is 79.2 cm³/mol. The third-order valence-corrected chi connectivity index (χ3v) is 4.91. The van der Waals surface area contributed by atoms with E-state index in [0.717, 1.165) is 32.1 Å². The number of carbonyl (C=O) groups excluding carboxylic acids is 1. The summed E-state index contributed by atoms with van der Waals surface area (Å²) in [6, 6.07) is 3.88. The fourth-order valence-electron chi connectivity index (χ4n) is 1.66. The molecule has 86 valence electrons. The number of alkyl halides is 1. The van der Waals surface area contributed by atoms with E-state index >= 15 is 0 Å². The van der Waals surface area contributed by atoms with Crippen LogP contribution in [-0.4, -0.2) is 17.3 Å². The van der Waals surface area contributed by atoms with Crippen LogP contribution in [0.25, 0.3) is 0 Å². The molecule has 1 amide bonds. The quantitative estimate of drug-likeness (QED) is 0.548. The number of hydrogen-bond donors (Lipinski definition) is 0. The first-order chi connectivity index (χ1) is 7.50. The maximum Gasteiger partial charge on any atom is 0.240 e. The van der Waals surface area contributed by atoms with Crippen molar-refractivity contribution in [2.24, 2.45) is 0 Å². The fraction of sp³-hybridized carbons (Fsp3) is 0.300. The third-order valence-electron chi connectivity index (χ3n) is 2.39. The van der Waals surface area contributed by atoms with Gasteiger partial charge in [0.05, 0.1) is 10.5 Å². The van der Waals surface area contributed by atoms with E-state index in [9.17, 15) is 4.79 Å². The van der Waals surface area contributed by atoms with Crippen molar-refractivity contribution >= 4 is 75.3 Å². The lowest BCUT2D eigenvalue weighted by Gasteiger charge is -2.19. The summed E-state index contributed by atoms with van der Waals surface area (Å²) in [7, 11) is 0. The third kappa shape index (κ3) is 2.40. The number of halogens is 4. The molecule has 0 aromatic heterocycles. The molecule has 0 saturated carbocycles. The second-order valence-corrected chi connectivity index (χ2v) is 7.19. The summed E-state index contributed by atoms with van der Waals surface area (Å²) >= 11 is 13.8. The molecule has 1 aromatic carbocycles. The van der Waals surface area contributed by atoms with Crippen LogP contribution in [-0.2, 0) is 4.79 Å². The van der Waals surface area contributed by atoms with E-state index < -0.39 is 0 Å². The average Bonchev–Trinajstić information content (AvgIpc) is 2.48. The number of anilines is 1. The summed E-state index contributed by atoms with van der Waals surface area (Å²) < 4.78 is 2.78. The monoisotopic (exact) mass is 473 g/mol. The highest BCUT2D eigenvalue weighted by Crippen LogP contribution is 2.39. The minimum atomic E-state index is -0.0602. The Hall–Kier alpha value is 0.610. The smallest absolute Gasteiger partial charge is 0.240 e. The van der Waals surface area contributed by atoms with Crippen LogP contribution >= 0.6 is 63.7 Å². The first kappa shape index (κ1) is 13.1. The van der Waals surface area contributed by atoms with Gasteiger partial charge in [0.25, 0.3) is 0 Å². The van der Waals surface area contributed by atoms with Gasteiger partial charge in [0.1, 0.15) is 0 Å². The molecular formula is C10H7Br4NO. The number of amides is 1. The minimum Gasteiger partial charge on any atom is -0.309 e. The number of hydrogen-bond acceptors (Lipinski definition) is 1. The molecule has 0 radical (unpaired) electrons. The molecule has 0 bridgehead atoms. The van der Waals surface area contributed by atoms with Crippen molar-refractivity contribution in [2.75, 3.05) is 11.4 Å². The first-order valence-electron chi connectivity index (χ1n) is 4.60. The van der Waals surface area contributed by atoms with Crippen molar-refractivity contribution in [2.45, 2.75) is 11.2 Å². The van der Waals surface area contributed by atoms with Crippen molar-refractivity contribution in [3.63, 3.8) is 0 Å². The van der Waals surface area contributed by atoms with Gasteiger partial charge in [0, 0.05) is 20.0 Å². The standard InChI is InChI=1S/C10H7Br4NO/c11-5-3-7(13)9(8(14)4-5)15-2-1-6(12)10(15)16/h3-4,6H,1-2H2. The highest BCUT2D eigenvalue weighted by atomic mass is 79.9. The average molecular weight is 477 g/mol. The van der Waals surface area contributed by atoms with Gasteiger partial charge in [-0.2, -0.15) is 0 Å². The van der Waals surface area contributed by atoms with E-state index in [4.69, 9.17) is 0 Å². The zero-order chi connectivity index (χ0) is 11.9. The Kier molecular flexibility index (Phi) is 4.14. The molecular weight excluding hydrogens is 470 g/mol. The van der Waals surface area contributed by atoms with Crippen molar-refractivity contribution < 1.29 is 4.79 Å². The van der Waals surface area contributed by atoms with Crippen molar-refractivity contribution in [3.8, 4) is 0 Å². The van der Waals surface area contributed by atoms with Crippen LogP contribution in [0.15, 0.2) is 25.6 Å². The van der Waals surface area contributed by atoms with Crippen molar-refractivity contribution in [1.29, 1.82) is 0 Å². The number of benzene rings is 1. The molecule has 6 heteroatoms. The zero-order valence-corrected chi connectivity index (χ0v) is 14.4. The molecule has 0 spiro atoms. The molecule has 2 nitrogen and oxygen atoms in total. The minimum absolute atomic E-state index is 0.0602. The summed E-state index contributed by atoms with van der Waals surface area (Å²) in [5.41, 5.74) is 0.898. The van der Waals surface area contributed by atoms with Gasteiger partial charge in [-0.25, -0.2) is 0 Å². The van der Waals surface area contributed by atoms with Gasteiger partial charge in [-0.15, -0.1) is 0 Å². The van der Waals surface area contributed by atoms with Crippen molar-refractivity contribution in [3.05, 3.63) is 25.6 Å². The van der Waals surface area contributed by atoms with Crippen LogP contribution in [0.2, 0.25) is 0 Å². The molecule has 1 heterocycles. The van der Waals surface area contributed by atoms with Crippen LogP contribution < -0.4 is 4.90 Å². The molecule has 1 aliphatic heterocycles. The molecule has 1 aliphatic rings. The van der Waals surface area contributed by atoms with Crippen molar-refractivity contribution in [1.82, 2.24) is 0 Å². The lowest BCUT2D eigenvalue weighted by Crippen LogP contribution is -2.27. The van der Waals surface area contributed by atoms with E-state index in [1.807, 2.05) is 12.1 Å². The summed E-state index contributed by atoms with van der Waals surface area (Å²) in [6.45, 7) is 0.744. The highest BCUT2D eigenvalue weighted by molar-refractivity contribution is 9.11. The highest BCUT2D eigenvalue weighted by Gasteiger charge is 2.32. The van der Waals surface area contributed by atoms with E-state index in [2.05, 4.69) is 63.7 Å².